The smallest absolute Gasteiger partial charge is 0.132 e. The molecule has 0 saturated carbocycles. The van der Waals surface area contributed by atoms with Crippen LogP contribution in [0.2, 0.25) is 5.02 Å². The predicted molar refractivity (Wildman–Crippen MR) is 79.0 cm³/mol. The molecule has 0 aliphatic heterocycles. The second-order valence-corrected chi connectivity index (χ2v) is 5.27. The minimum absolute atomic E-state index is 0.743. The lowest BCUT2D eigenvalue weighted by Gasteiger charge is -2.06. The molecule has 1 aromatic heterocycles. The molecule has 0 fully saturated rings. The first-order valence-electron chi connectivity index (χ1n) is 5.75. The van der Waals surface area contributed by atoms with E-state index in [1.54, 1.807) is 0 Å². The van der Waals surface area contributed by atoms with E-state index in [0.29, 0.717) is 0 Å². The summed E-state index contributed by atoms with van der Waals surface area (Å²) in [5.74, 6) is 1.06. The van der Waals surface area contributed by atoms with E-state index in [0.717, 1.165) is 39.7 Å². The number of aromatic nitrogens is 2. The van der Waals surface area contributed by atoms with Crippen LogP contribution in [0.5, 0.6) is 0 Å². The Kier molecular flexibility index (Phi) is 4.43. The van der Waals surface area contributed by atoms with Gasteiger partial charge in [-0.25, -0.2) is 4.98 Å². The average molecular weight is 329 g/mol. The zero-order valence-electron chi connectivity index (χ0n) is 10.4. The third-order valence-corrected chi connectivity index (χ3v) is 3.67. The van der Waals surface area contributed by atoms with Gasteiger partial charge in [0, 0.05) is 30.6 Å². The van der Waals surface area contributed by atoms with Crippen molar-refractivity contribution in [1.82, 2.24) is 14.9 Å². The van der Waals surface area contributed by atoms with Gasteiger partial charge in [0.1, 0.15) is 10.4 Å². The van der Waals surface area contributed by atoms with Crippen molar-refractivity contribution >= 4 is 27.5 Å². The number of imidazole rings is 1. The molecule has 96 valence electrons. The molecule has 0 spiro atoms. The van der Waals surface area contributed by atoms with Gasteiger partial charge in [0.25, 0.3) is 0 Å². The Hall–Kier alpha value is -0.840. The number of likely N-dealkylation sites (N-methyl/N-ethyl adjacent to an activating group) is 1. The first-order valence-corrected chi connectivity index (χ1v) is 6.92. The fourth-order valence-electron chi connectivity index (χ4n) is 1.89. The van der Waals surface area contributed by atoms with Crippen molar-refractivity contribution in [3.05, 3.63) is 39.7 Å². The molecule has 0 atom stereocenters. The fraction of sp³-hybridized carbons (Fsp3) is 0.308. The van der Waals surface area contributed by atoms with Gasteiger partial charge >= 0.3 is 0 Å². The summed E-state index contributed by atoms with van der Waals surface area (Å²) in [6.07, 6.45) is 0.902. The van der Waals surface area contributed by atoms with Crippen LogP contribution >= 0.6 is 27.5 Å². The SMILES string of the molecule is CNCCc1nc(Br)c(-c2ccc(Cl)cc2)n1C. The minimum atomic E-state index is 0.743. The Balaban J connectivity index is 2.38. The quantitative estimate of drug-likeness (QED) is 0.933. The highest BCUT2D eigenvalue weighted by Gasteiger charge is 2.13. The van der Waals surface area contributed by atoms with Crippen LogP contribution in [0, 0.1) is 0 Å². The first-order chi connectivity index (χ1) is 8.63. The number of nitrogens with zero attached hydrogens (tertiary/aromatic N) is 2. The average Bonchev–Trinajstić information content (AvgIpc) is 2.63. The van der Waals surface area contributed by atoms with Gasteiger partial charge in [-0.05, 0) is 35.1 Å². The summed E-state index contributed by atoms with van der Waals surface area (Å²) in [6.45, 7) is 0.914. The first kappa shape index (κ1) is 13.6. The number of rotatable bonds is 4. The Morgan fingerprint density at radius 3 is 2.61 bits per heavy atom. The summed E-state index contributed by atoms with van der Waals surface area (Å²) in [4.78, 5) is 4.55. The van der Waals surface area contributed by atoms with E-state index in [2.05, 4.69) is 30.8 Å². The van der Waals surface area contributed by atoms with E-state index in [-0.39, 0.29) is 0 Å². The summed E-state index contributed by atoms with van der Waals surface area (Å²) in [5, 5.41) is 3.88. The Labute approximate surface area is 120 Å². The monoisotopic (exact) mass is 327 g/mol. The third kappa shape index (κ3) is 2.76. The number of benzene rings is 1. The highest BCUT2D eigenvalue weighted by Crippen LogP contribution is 2.29. The second kappa shape index (κ2) is 5.87. The summed E-state index contributed by atoms with van der Waals surface area (Å²) in [7, 11) is 3.98. The van der Waals surface area contributed by atoms with E-state index < -0.39 is 0 Å². The number of nitrogens with one attached hydrogen (secondary N) is 1. The van der Waals surface area contributed by atoms with Crippen LogP contribution in [-0.4, -0.2) is 23.1 Å². The molecular formula is C13H15BrClN3. The number of hydrogen-bond donors (Lipinski definition) is 1. The molecule has 5 heteroatoms. The van der Waals surface area contributed by atoms with E-state index in [4.69, 9.17) is 11.6 Å². The zero-order valence-corrected chi connectivity index (χ0v) is 12.7. The predicted octanol–water partition coefficient (Wildman–Crippen LogP) is 3.26. The highest BCUT2D eigenvalue weighted by molar-refractivity contribution is 9.10. The third-order valence-electron chi connectivity index (χ3n) is 2.86. The summed E-state index contributed by atoms with van der Waals surface area (Å²) < 4.78 is 2.99. The maximum atomic E-state index is 5.91. The molecule has 2 rings (SSSR count). The molecule has 1 aromatic carbocycles. The molecule has 0 amide bonds. The molecule has 18 heavy (non-hydrogen) atoms. The molecular weight excluding hydrogens is 314 g/mol. The largest absolute Gasteiger partial charge is 0.330 e. The van der Waals surface area contributed by atoms with Crippen molar-refractivity contribution in [3.8, 4) is 11.3 Å². The molecule has 0 bridgehead atoms. The molecule has 3 nitrogen and oxygen atoms in total. The van der Waals surface area contributed by atoms with Gasteiger partial charge in [-0.15, -0.1) is 0 Å². The lowest BCUT2D eigenvalue weighted by atomic mass is 10.2. The highest BCUT2D eigenvalue weighted by atomic mass is 79.9. The van der Waals surface area contributed by atoms with Crippen LogP contribution in [0.3, 0.4) is 0 Å². The Bertz CT molecular complexity index is 534. The fourth-order valence-corrected chi connectivity index (χ4v) is 2.72. The van der Waals surface area contributed by atoms with Crippen LogP contribution in [-0.2, 0) is 13.5 Å². The lowest BCUT2D eigenvalue weighted by molar-refractivity contribution is 0.720. The van der Waals surface area contributed by atoms with E-state index in [1.807, 2.05) is 38.4 Å². The van der Waals surface area contributed by atoms with Crippen molar-refractivity contribution in [2.45, 2.75) is 6.42 Å². The van der Waals surface area contributed by atoms with Crippen LogP contribution in [0.4, 0.5) is 0 Å². The molecule has 2 aromatic rings. The van der Waals surface area contributed by atoms with Crippen molar-refractivity contribution in [3.63, 3.8) is 0 Å². The van der Waals surface area contributed by atoms with E-state index in [9.17, 15) is 0 Å². The molecule has 0 saturated heterocycles. The van der Waals surface area contributed by atoms with Crippen molar-refractivity contribution in [1.29, 1.82) is 0 Å². The Morgan fingerprint density at radius 1 is 1.33 bits per heavy atom. The van der Waals surface area contributed by atoms with E-state index in [1.165, 1.54) is 0 Å². The molecule has 0 aliphatic carbocycles. The van der Waals surface area contributed by atoms with Gasteiger partial charge < -0.3 is 9.88 Å². The standard InChI is InChI=1S/C13H15BrClN3/c1-16-8-7-11-17-13(14)12(18(11)2)9-3-5-10(15)6-4-9/h3-6,16H,7-8H2,1-2H3. The van der Waals surface area contributed by atoms with Gasteiger partial charge in [0.2, 0.25) is 0 Å². The van der Waals surface area contributed by atoms with Crippen molar-refractivity contribution < 1.29 is 0 Å². The van der Waals surface area contributed by atoms with Crippen LogP contribution in [0.25, 0.3) is 11.3 Å². The number of hydrogen-bond acceptors (Lipinski definition) is 2. The normalized spacial score (nSPS) is 10.9. The molecule has 1 N–H and O–H groups in total. The van der Waals surface area contributed by atoms with Gasteiger partial charge in [-0.1, -0.05) is 23.7 Å². The van der Waals surface area contributed by atoms with Gasteiger partial charge in [0.15, 0.2) is 0 Å². The summed E-state index contributed by atoms with van der Waals surface area (Å²) in [5.41, 5.74) is 2.19. The maximum Gasteiger partial charge on any atom is 0.132 e. The molecule has 0 aliphatic rings. The topological polar surface area (TPSA) is 29.9 Å². The maximum absolute atomic E-state index is 5.91. The van der Waals surface area contributed by atoms with Crippen molar-refractivity contribution in [2.24, 2.45) is 7.05 Å². The second-order valence-electron chi connectivity index (χ2n) is 4.09. The van der Waals surface area contributed by atoms with Crippen LogP contribution < -0.4 is 5.32 Å². The van der Waals surface area contributed by atoms with Gasteiger partial charge in [-0.3, -0.25) is 0 Å². The Morgan fingerprint density at radius 2 is 2.00 bits per heavy atom. The van der Waals surface area contributed by atoms with Crippen molar-refractivity contribution in [2.75, 3.05) is 13.6 Å². The van der Waals surface area contributed by atoms with E-state index >= 15 is 0 Å². The zero-order chi connectivity index (χ0) is 13.1. The van der Waals surface area contributed by atoms with Gasteiger partial charge in [0.05, 0.1) is 5.69 Å². The minimum Gasteiger partial charge on any atom is -0.330 e. The molecule has 0 radical (unpaired) electrons. The molecule has 1 heterocycles. The summed E-state index contributed by atoms with van der Waals surface area (Å²) in [6, 6.07) is 7.80. The van der Waals surface area contributed by atoms with Crippen LogP contribution in [0.15, 0.2) is 28.9 Å². The van der Waals surface area contributed by atoms with Crippen LogP contribution in [0.1, 0.15) is 5.82 Å². The number of halogens is 2. The lowest BCUT2D eigenvalue weighted by Crippen LogP contribution is -2.13. The van der Waals surface area contributed by atoms with Gasteiger partial charge in [-0.2, -0.15) is 0 Å². The molecule has 0 unspecified atom stereocenters. The summed E-state index contributed by atoms with van der Waals surface area (Å²) >= 11 is 9.44.